The van der Waals surface area contributed by atoms with Crippen LogP contribution < -0.4 is 4.90 Å². The summed E-state index contributed by atoms with van der Waals surface area (Å²) in [4.78, 5) is 18.2. The molecule has 0 N–H and O–H groups in total. The van der Waals surface area contributed by atoms with Gasteiger partial charge in [-0.2, -0.15) is 0 Å². The number of ether oxygens (including phenoxy) is 1. The fourth-order valence-electron chi connectivity index (χ4n) is 3.50. The number of hydrogen-bond donors (Lipinski definition) is 0. The van der Waals surface area contributed by atoms with Crippen molar-refractivity contribution in [2.45, 2.75) is 26.2 Å². The average molecular weight is 339 g/mol. The van der Waals surface area contributed by atoms with E-state index < -0.39 is 0 Å². The van der Waals surface area contributed by atoms with Crippen molar-refractivity contribution in [1.82, 2.24) is 4.98 Å². The van der Waals surface area contributed by atoms with Gasteiger partial charge >= 0.3 is 5.97 Å². The number of halogens is 1. The lowest BCUT2D eigenvalue weighted by molar-refractivity contribution is -0.146. The minimum Gasteiger partial charge on any atom is -0.466 e. The van der Waals surface area contributed by atoms with Gasteiger partial charge in [0.05, 0.1) is 6.61 Å². The molecule has 0 atom stereocenters. The van der Waals surface area contributed by atoms with Crippen LogP contribution in [0.25, 0.3) is 0 Å². The molecule has 1 aliphatic carbocycles. The second-order valence-corrected chi connectivity index (χ2v) is 6.89. The number of hydrogen-bond acceptors (Lipinski definition) is 4. The fourth-order valence-corrected chi connectivity index (χ4v) is 3.74. The minimum absolute atomic E-state index is 0.0434. The van der Waals surface area contributed by atoms with E-state index in [2.05, 4.69) is 25.8 Å². The molecule has 3 rings (SSSR count). The molecule has 1 aliphatic heterocycles. The Morgan fingerprint density at radius 3 is 2.85 bits per heavy atom. The number of pyridine rings is 1. The molecule has 20 heavy (non-hydrogen) atoms. The van der Waals surface area contributed by atoms with Gasteiger partial charge in [-0.05, 0) is 53.7 Å². The maximum absolute atomic E-state index is 11.4. The lowest BCUT2D eigenvalue weighted by Gasteiger charge is -2.59. The molecule has 1 saturated heterocycles. The maximum atomic E-state index is 11.4. The Labute approximate surface area is 127 Å². The molecule has 1 aromatic heterocycles. The summed E-state index contributed by atoms with van der Waals surface area (Å²) in [6.07, 6.45) is 4.73. The quantitative estimate of drug-likeness (QED) is 0.791. The molecule has 2 fully saturated rings. The zero-order valence-corrected chi connectivity index (χ0v) is 13.2. The normalized spacial score (nSPS) is 20.4. The lowest BCUT2D eigenvalue weighted by atomic mass is 9.57. The third-order valence-electron chi connectivity index (χ3n) is 4.29. The van der Waals surface area contributed by atoms with Gasteiger partial charge < -0.3 is 9.64 Å². The predicted octanol–water partition coefficient (Wildman–Crippen LogP) is 3.01. The number of carbonyl (C=O) groups excluding carboxylic acids is 1. The molecule has 2 heterocycles. The van der Waals surface area contributed by atoms with Crippen molar-refractivity contribution in [2.75, 3.05) is 24.6 Å². The van der Waals surface area contributed by atoms with E-state index in [1.807, 2.05) is 25.3 Å². The lowest BCUT2D eigenvalue weighted by Crippen LogP contribution is -2.62. The Bertz CT molecular complexity index is 489. The first-order valence-corrected chi connectivity index (χ1v) is 7.92. The molecular weight excluding hydrogens is 320 g/mol. The van der Waals surface area contributed by atoms with E-state index in [1.54, 1.807) is 0 Å². The highest BCUT2D eigenvalue weighted by molar-refractivity contribution is 9.10. The molecule has 5 heteroatoms. The van der Waals surface area contributed by atoms with Crippen LogP contribution in [0.5, 0.6) is 0 Å². The number of carbonyl (C=O) groups is 1. The molecule has 0 amide bonds. The van der Waals surface area contributed by atoms with Gasteiger partial charge in [0.15, 0.2) is 0 Å². The van der Waals surface area contributed by atoms with Gasteiger partial charge in [0.2, 0.25) is 0 Å². The number of anilines is 1. The van der Waals surface area contributed by atoms with E-state index in [-0.39, 0.29) is 5.97 Å². The van der Waals surface area contributed by atoms with E-state index in [1.165, 1.54) is 0 Å². The van der Waals surface area contributed by atoms with E-state index in [0.29, 0.717) is 24.4 Å². The molecule has 0 unspecified atom stereocenters. The van der Waals surface area contributed by atoms with Crippen LogP contribution in [0, 0.1) is 11.3 Å². The van der Waals surface area contributed by atoms with Crippen LogP contribution in [0.1, 0.15) is 26.2 Å². The van der Waals surface area contributed by atoms with Crippen LogP contribution in [0.15, 0.2) is 22.8 Å². The van der Waals surface area contributed by atoms with Crippen LogP contribution in [-0.4, -0.2) is 30.6 Å². The van der Waals surface area contributed by atoms with Crippen molar-refractivity contribution < 1.29 is 9.53 Å². The summed E-state index contributed by atoms with van der Waals surface area (Å²) in [6.45, 7) is 4.48. The zero-order valence-electron chi connectivity index (χ0n) is 11.6. The van der Waals surface area contributed by atoms with Gasteiger partial charge in [0, 0.05) is 35.6 Å². The largest absolute Gasteiger partial charge is 0.466 e. The number of esters is 1. The molecule has 108 valence electrons. The first-order valence-electron chi connectivity index (χ1n) is 7.12. The first kappa shape index (κ1) is 13.9. The van der Waals surface area contributed by atoms with Gasteiger partial charge in [-0.25, -0.2) is 4.98 Å². The molecular formula is C15H19BrN2O2. The van der Waals surface area contributed by atoms with Gasteiger partial charge in [-0.15, -0.1) is 0 Å². The summed E-state index contributed by atoms with van der Waals surface area (Å²) in [6, 6.07) is 4.07. The number of nitrogens with zero attached hydrogens (tertiary/aromatic N) is 2. The van der Waals surface area contributed by atoms with Crippen molar-refractivity contribution in [3.63, 3.8) is 0 Å². The second kappa shape index (κ2) is 5.35. The minimum atomic E-state index is -0.0434. The number of rotatable bonds is 4. The van der Waals surface area contributed by atoms with Gasteiger partial charge in [-0.3, -0.25) is 4.79 Å². The third-order valence-corrected chi connectivity index (χ3v) is 4.76. The van der Waals surface area contributed by atoms with E-state index in [9.17, 15) is 4.79 Å². The average Bonchev–Trinajstić information content (AvgIpc) is 2.32. The van der Waals surface area contributed by atoms with Crippen molar-refractivity contribution in [3.05, 3.63) is 22.8 Å². The van der Waals surface area contributed by atoms with E-state index in [4.69, 9.17) is 4.74 Å². The van der Waals surface area contributed by atoms with E-state index >= 15 is 0 Å². The van der Waals surface area contributed by atoms with Crippen LogP contribution in [0.3, 0.4) is 0 Å². The highest BCUT2D eigenvalue weighted by Gasteiger charge is 2.52. The molecule has 1 spiro atoms. The molecule has 0 aromatic carbocycles. The van der Waals surface area contributed by atoms with Crippen LogP contribution in [0.4, 0.5) is 5.82 Å². The summed E-state index contributed by atoms with van der Waals surface area (Å²) in [5.74, 6) is 1.53. The molecule has 1 aromatic rings. The van der Waals surface area contributed by atoms with Crippen LogP contribution >= 0.6 is 15.9 Å². The molecule has 0 radical (unpaired) electrons. The Morgan fingerprint density at radius 1 is 1.50 bits per heavy atom. The highest BCUT2D eigenvalue weighted by Crippen LogP contribution is 2.53. The van der Waals surface area contributed by atoms with Gasteiger partial charge in [-0.1, -0.05) is 0 Å². The highest BCUT2D eigenvalue weighted by atomic mass is 79.9. The summed E-state index contributed by atoms with van der Waals surface area (Å²) in [7, 11) is 0. The van der Waals surface area contributed by atoms with Crippen molar-refractivity contribution in [2.24, 2.45) is 11.3 Å². The molecule has 1 saturated carbocycles. The molecule has 4 nitrogen and oxygen atoms in total. The topological polar surface area (TPSA) is 42.4 Å². The Hall–Kier alpha value is -1.10. The predicted molar refractivity (Wildman–Crippen MR) is 80.6 cm³/mol. The third kappa shape index (κ3) is 2.68. The number of aromatic nitrogens is 1. The SMILES string of the molecule is CCOC(=O)CC1CC2(C1)CN(c1ccc(Br)cn1)C2. The summed E-state index contributed by atoms with van der Waals surface area (Å²) >= 11 is 3.40. The van der Waals surface area contributed by atoms with Crippen molar-refractivity contribution in [1.29, 1.82) is 0 Å². The molecule has 0 bridgehead atoms. The Morgan fingerprint density at radius 2 is 2.25 bits per heavy atom. The van der Waals surface area contributed by atoms with Crippen LogP contribution in [-0.2, 0) is 9.53 Å². The first-order chi connectivity index (χ1) is 9.60. The smallest absolute Gasteiger partial charge is 0.306 e. The molecule has 2 aliphatic rings. The maximum Gasteiger partial charge on any atom is 0.306 e. The van der Waals surface area contributed by atoms with E-state index in [0.717, 1.165) is 36.2 Å². The summed E-state index contributed by atoms with van der Waals surface area (Å²) in [5, 5.41) is 0. The summed E-state index contributed by atoms with van der Waals surface area (Å²) in [5.41, 5.74) is 0.436. The van der Waals surface area contributed by atoms with Crippen molar-refractivity contribution >= 4 is 27.7 Å². The monoisotopic (exact) mass is 338 g/mol. The Kier molecular flexibility index (Phi) is 3.71. The van der Waals surface area contributed by atoms with Gasteiger partial charge in [0.1, 0.15) is 5.82 Å². The van der Waals surface area contributed by atoms with Gasteiger partial charge in [0.25, 0.3) is 0 Å². The zero-order chi connectivity index (χ0) is 14.2. The second-order valence-electron chi connectivity index (χ2n) is 5.97. The standard InChI is InChI=1S/C15H19BrN2O2/c1-2-20-14(19)5-11-6-15(7-11)9-18(10-15)13-4-3-12(16)8-17-13/h3-4,8,11H,2,5-7,9-10H2,1H3. The summed E-state index contributed by atoms with van der Waals surface area (Å²) < 4.78 is 6.01. The fraction of sp³-hybridized carbons (Fsp3) is 0.600. The Balaban J connectivity index is 1.45. The van der Waals surface area contributed by atoms with Crippen LogP contribution in [0.2, 0.25) is 0 Å². The van der Waals surface area contributed by atoms with Crippen molar-refractivity contribution in [3.8, 4) is 0 Å².